The van der Waals surface area contributed by atoms with E-state index in [0.29, 0.717) is 52.3 Å². The first-order valence-electron chi connectivity index (χ1n) is 13.7. The highest BCUT2D eigenvalue weighted by molar-refractivity contribution is 5.93. The van der Waals surface area contributed by atoms with Gasteiger partial charge in [0.2, 0.25) is 0 Å². The Morgan fingerprint density at radius 2 is 1.71 bits per heavy atom. The number of carbonyl (C=O) groups is 1. The first kappa shape index (κ1) is 30.8. The zero-order chi connectivity index (χ0) is 32.1. The number of halogens is 2. The van der Waals surface area contributed by atoms with Crippen molar-refractivity contribution in [2.75, 3.05) is 20.8 Å². The van der Waals surface area contributed by atoms with E-state index in [0.717, 1.165) is 6.07 Å². The van der Waals surface area contributed by atoms with E-state index >= 15 is 4.39 Å². The van der Waals surface area contributed by atoms with E-state index in [2.05, 4.69) is 4.98 Å². The topological polar surface area (TPSA) is 130 Å². The highest BCUT2D eigenvalue weighted by atomic mass is 19.1. The molecule has 5 aromatic rings. The van der Waals surface area contributed by atoms with E-state index in [1.54, 1.807) is 37.4 Å². The lowest BCUT2D eigenvalue weighted by Gasteiger charge is -2.12. The van der Waals surface area contributed by atoms with Crippen molar-refractivity contribution in [1.82, 2.24) is 9.55 Å². The molecule has 0 N–H and O–H groups in total. The number of hydrogen-bond acceptors (Lipinski definition) is 8. The molecule has 1 heterocycles. The second-order valence-electron chi connectivity index (χ2n) is 10.00. The molecule has 0 bridgehead atoms. The van der Waals surface area contributed by atoms with Crippen LogP contribution in [0.25, 0.3) is 22.2 Å². The number of hydrogen-bond donors (Lipinski definition) is 0. The molecule has 0 amide bonds. The summed E-state index contributed by atoms with van der Waals surface area (Å²) in [5.74, 6) is -1.24. The normalized spacial score (nSPS) is 10.9. The Balaban J connectivity index is 1.43. The summed E-state index contributed by atoms with van der Waals surface area (Å²) in [7, 11) is 2.87. The second kappa shape index (κ2) is 13.3. The number of nitro benzene ring substituents is 1. The quantitative estimate of drug-likeness (QED) is 0.0957. The number of nitriles is 1. The number of rotatable bonds is 11. The molecule has 5 rings (SSSR count). The van der Waals surface area contributed by atoms with Crippen molar-refractivity contribution in [3.63, 3.8) is 0 Å². The van der Waals surface area contributed by atoms with Crippen LogP contribution in [0.2, 0.25) is 0 Å². The van der Waals surface area contributed by atoms with Crippen LogP contribution in [-0.4, -0.2) is 41.3 Å². The largest absolute Gasteiger partial charge is 0.482 e. The number of esters is 1. The van der Waals surface area contributed by atoms with Crippen LogP contribution in [0.3, 0.4) is 0 Å². The number of methoxy groups -OCH3 is 2. The van der Waals surface area contributed by atoms with Crippen molar-refractivity contribution in [3.05, 3.63) is 123 Å². The van der Waals surface area contributed by atoms with Gasteiger partial charge in [0.15, 0.2) is 5.75 Å². The second-order valence-corrected chi connectivity index (χ2v) is 10.00. The Morgan fingerprint density at radius 1 is 0.978 bits per heavy atom. The fraction of sp³-hybridized carbons (Fsp3) is 0.182. The van der Waals surface area contributed by atoms with Crippen LogP contribution in [0, 0.1) is 33.1 Å². The molecule has 0 aliphatic carbocycles. The molecular weight excluding hydrogens is 586 g/mol. The molecule has 228 valence electrons. The number of carbonyl (C=O) groups excluding carboxylic acids is 1. The van der Waals surface area contributed by atoms with Gasteiger partial charge in [0, 0.05) is 31.7 Å². The average Bonchev–Trinajstić information content (AvgIpc) is 3.39. The Hall–Kier alpha value is -5.67. The molecular formula is C33H26F2N4O6. The summed E-state index contributed by atoms with van der Waals surface area (Å²) in [4.78, 5) is 27.8. The van der Waals surface area contributed by atoms with Crippen LogP contribution in [0.5, 0.6) is 5.75 Å². The maximum absolute atomic E-state index is 15.5. The standard InChI is InChI=1S/C33H26F2N4O6/c1-43-12-11-38-30-15-24(33(40)44-2)7-9-28(30)37-32(38)17-23-6-5-21(14-27(23)35)22-8-10-29(39(41)42)31(16-22)45-19-25-4-3-20(18-36)13-26(25)34/h3-10,13-16H,11-12,17,19H2,1-2H3. The van der Waals surface area contributed by atoms with Gasteiger partial charge in [-0.2, -0.15) is 5.26 Å². The minimum atomic E-state index is -0.676. The first-order valence-corrected chi connectivity index (χ1v) is 13.7. The van der Waals surface area contributed by atoms with Gasteiger partial charge in [-0.25, -0.2) is 18.6 Å². The van der Waals surface area contributed by atoms with Crippen LogP contribution in [0.1, 0.15) is 32.9 Å². The highest BCUT2D eigenvalue weighted by Crippen LogP contribution is 2.34. The van der Waals surface area contributed by atoms with Gasteiger partial charge in [-0.05, 0) is 65.2 Å². The van der Waals surface area contributed by atoms with Gasteiger partial charge in [-0.1, -0.05) is 18.2 Å². The predicted molar refractivity (Wildman–Crippen MR) is 160 cm³/mol. The van der Waals surface area contributed by atoms with Crippen molar-refractivity contribution in [2.24, 2.45) is 0 Å². The van der Waals surface area contributed by atoms with E-state index in [9.17, 15) is 19.3 Å². The van der Waals surface area contributed by atoms with Gasteiger partial charge < -0.3 is 18.8 Å². The molecule has 1 aromatic heterocycles. The van der Waals surface area contributed by atoms with Crippen LogP contribution in [-0.2, 0) is 29.0 Å². The van der Waals surface area contributed by atoms with Gasteiger partial charge in [-0.3, -0.25) is 10.1 Å². The van der Waals surface area contributed by atoms with Gasteiger partial charge in [0.1, 0.15) is 24.1 Å². The van der Waals surface area contributed by atoms with Gasteiger partial charge >= 0.3 is 11.7 Å². The van der Waals surface area contributed by atoms with Gasteiger partial charge in [-0.15, -0.1) is 0 Å². The fourth-order valence-corrected chi connectivity index (χ4v) is 4.87. The summed E-state index contributed by atoms with van der Waals surface area (Å²) in [6, 6.07) is 19.4. The zero-order valence-electron chi connectivity index (χ0n) is 24.3. The number of benzene rings is 4. The molecule has 0 saturated carbocycles. The molecule has 4 aromatic carbocycles. The molecule has 0 aliphatic heterocycles. The van der Waals surface area contributed by atoms with E-state index in [1.165, 1.54) is 43.5 Å². The number of ether oxygens (including phenoxy) is 3. The first-order chi connectivity index (χ1) is 21.7. The summed E-state index contributed by atoms with van der Waals surface area (Å²) >= 11 is 0. The zero-order valence-corrected chi connectivity index (χ0v) is 24.3. The summed E-state index contributed by atoms with van der Waals surface area (Å²) in [6.45, 7) is 0.468. The van der Waals surface area contributed by atoms with E-state index < -0.39 is 22.5 Å². The lowest BCUT2D eigenvalue weighted by Crippen LogP contribution is -2.10. The third-order valence-corrected chi connectivity index (χ3v) is 7.22. The third-order valence-electron chi connectivity index (χ3n) is 7.22. The van der Waals surface area contributed by atoms with E-state index in [-0.39, 0.29) is 35.6 Å². The Morgan fingerprint density at radius 3 is 2.40 bits per heavy atom. The van der Waals surface area contributed by atoms with Crippen molar-refractivity contribution in [2.45, 2.75) is 19.6 Å². The number of fused-ring (bicyclic) bond motifs is 1. The third kappa shape index (κ3) is 6.63. The smallest absolute Gasteiger partial charge is 0.337 e. The van der Waals surface area contributed by atoms with E-state index in [4.69, 9.17) is 19.5 Å². The predicted octanol–water partition coefficient (Wildman–Crippen LogP) is 6.36. The Kier molecular flexibility index (Phi) is 9.11. The van der Waals surface area contributed by atoms with Gasteiger partial charge in [0.25, 0.3) is 0 Å². The number of nitrogens with zero attached hydrogens (tertiary/aromatic N) is 4. The molecule has 0 fully saturated rings. The minimum absolute atomic E-state index is 0.113. The SMILES string of the molecule is COCCn1c(Cc2ccc(-c3ccc([N+](=O)[O-])c(OCc4ccc(C#N)cc4F)c3)cc2F)nc2ccc(C(=O)OC)cc21. The highest BCUT2D eigenvalue weighted by Gasteiger charge is 2.19. The Labute approximate surface area is 256 Å². The number of nitro groups is 1. The maximum atomic E-state index is 15.5. The van der Waals surface area contributed by atoms with Crippen molar-refractivity contribution >= 4 is 22.7 Å². The summed E-state index contributed by atoms with van der Waals surface area (Å²) in [6.07, 6.45) is 0.142. The van der Waals surface area contributed by atoms with Crippen molar-refractivity contribution < 1.29 is 32.7 Å². The van der Waals surface area contributed by atoms with Crippen LogP contribution in [0.15, 0.2) is 72.8 Å². The molecule has 0 aliphatic rings. The Bertz CT molecular complexity index is 1970. The summed E-state index contributed by atoms with van der Waals surface area (Å²) < 4.78 is 47.5. The number of aromatic nitrogens is 2. The molecule has 0 unspecified atom stereocenters. The van der Waals surface area contributed by atoms with Crippen molar-refractivity contribution in [1.29, 1.82) is 5.26 Å². The van der Waals surface area contributed by atoms with Crippen LogP contribution < -0.4 is 4.74 Å². The molecule has 10 nitrogen and oxygen atoms in total. The molecule has 45 heavy (non-hydrogen) atoms. The minimum Gasteiger partial charge on any atom is -0.482 e. The summed E-state index contributed by atoms with van der Waals surface area (Å²) in [5.41, 5.74) is 2.83. The maximum Gasteiger partial charge on any atom is 0.337 e. The van der Waals surface area contributed by atoms with Crippen LogP contribution >= 0.6 is 0 Å². The average molecular weight is 613 g/mol. The molecule has 0 saturated heterocycles. The molecule has 0 radical (unpaired) electrons. The van der Waals surface area contributed by atoms with E-state index in [1.807, 2.05) is 10.6 Å². The fourth-order valence-electron chi connectivity index (χ4n) is 4.87. The number of imidazole rings is 1. The molecule has 0 spiro atoms. The lowest BCUT2D eigenvalue weighted by atomic mass is 10.0. The molecule has 0 atom stereocenters. The lowest BCUT2D eigenvalue weighted by molar-refractivity contribution is -0.385. The summed E-state index contributed by atoms with van der Waals surface area (Å²) in [5, 5.41) is 20.6. The monoisotopic (exact) mass is 612 g/mol. The molecule has 12 heteroatoms. The van der Waals surface area contributed by atoms with Gasteiger partial charge in [0.05, 0.1) is 46.9 Å². The van der Waals surface area contributed by atoms with Crippen molar-refractivity contribution in [3.8, 4) is 22.9 Å². The van der Waals surface area contributed by atoms with Crippen LogP contribution in [0.4, 0.5) is 14.5 Å².